The Balaban J connectivity index is 1.47. The molecule has 8 rings (SSSR count). The summed E-state index contributed by atoms with van der Waals surface area (Å²) in [5, 5.41) is 0. The Morgan fingerprint density at radius 2 is 1.97 bits per heavy atom. The zero-order chi connectivity index (χ0) is 23.7. The van der Waals surface area contributed by atoms with Crippen molar-refractivity contribution < 1.29 is 19.0 Å². The highest BCUT2D eigenvalue weighted by Crippen LogP contribution is 2.77. The number of piperidine rings is 1. The molecule has 1 aromatic carbocycles. The van der Waals surface area contributed by atoms with Gasteiger partial charge in [0.25, 0.3) is 0 Å². The highest BCUT2D eigenvalue weighted by molar-refractivity contribution is 5.88. The van der Waals surface area contributed by atoms with Gasteiger partial charge in [0.2, 0.25) is 0 Å². The van der Waals surface area contributed by atoms with Gasteiger partial charge in [-0.05, 0) is 69.0 Å². The van der Waals surface area contributed by atoms with Crippen LogP contribution >= 0.6 is 0 Å². The molecule has 34 heavy (non-hydrogen) atoms. The van der Waals surface area contributed by atoms with Gasteiger partial charge in [0, 0.05) is 41.5 Å². The maximum Gasteiger partial charge on any atom is 0.165 e. The Morgan fingerprint density at radius 3 is 2.65 bits per heavy atom. The summed E-state index contributed by atoms with van der Waals surface area (Å²) in [5.41, 5.74) is 1.84. The fraction of sp³-hybridized carbons (Fsp3) is 0.759. The van der Waals surface area contributed by atoms with Gasteiger partial charge in [-0.3, -0.25) is 9.69 Å². The first-order valence-corrected chi connectivity index (χ1v) is 13.4. The molecular formula is C29H39NO4. The van der Waals surface area contributed by atoms with Gasteiger partial charge in [0.15, 0.2) is 11.5 Å². The molecule has 2 heterocycles. The topological polar surface area (TPSA) is 48.0 Å². The number of methoxy groups -OCH3 is 2. The molecule has 5 nitrogen and oxygen atoms in total. The molecule has 0 aromatic heterocycles. The van der Waals surface area contributed by atoms with Crippen LogP contribution in [0, 0.1) is 22.7 Å². The number of rotatable bonds is 5. The van der Waals surface area contributed by atoms with E-state index in [0.717, 1.165) is 56.1 Å². The van der Waals surface area contributed by atoms with Gasteiger partial charge >= 0.3 is 0 Å². The van der Waals surface area contributed by atoms with Crippen molar-refractivity contribution in [3.05, 3.63) is 23.3 Å². The molecule has 1 saturated heterocycles. The number of fused-ring (bicyclic) bond motifs is 2. The SMILES string of the molecule is COc1ccc2c3c1O[C@H]1[C@@]4(OC)CC[C@@]5(C[C@@H]4C(=O)C(C)(C)C)[C@@H](C2)N(CC2CC2)CC[C@]315. The lowest BCUT2D eigenvalue weighted by atomic mass is 9.34. The van der Waals surface area contributed by atoms with Crippen LogP contribution in [0.3, 0.4) is 0 Å². The Labute approximate surface area is 203 Å². The fourth-order valence-corrected chi connectivity index (χ4v) is 9.37. The van der Waals surface area contributed by atoms with E-state index in [1.807, 2.05) is 7.11 Å². The lowest BCUT2D eigenvalue weighted by Crippen LogP contribution is -2.82. The summed E-state index contributed by atoms with van der Waals surface area (Å²) in [7, 11) is 3.57. The summed E-state index contributed by atoms with van der Waals surface area (Å²) >= 11 is 0. The van der Waals surface area contributed by atoms with Gasteiger partial charge in [0.1, 0.15) is 17.5 Å². The predicted octanol–water partition coefficient (Wildman–Crippen LogP) is 4.53. The summed E-state index contributed by atoms with van der Waals surface area (Å²) < 4.78 is 19.4. The van der Waals surface area contributed by atoms with Crippen molar-refractivity contribution in [2.24, 2.45) is 22.7 Å². The number of hydrogen-bond donors (Lipinski definition) is 0. The van der Waals surface area contributed by atoms with Crippen LogP contribution in [-0.2, 0) is 21.4 Å². The summed E-state index contributed by atoms with van der Waals surface area (Å²) in [6.45, 7) is 8.55. The molecule has 0 N–H and O–H groups in total. The van der Waals surface area contributed by atoms with Crippen LogP contribution in [-0.4, -0.2) is 55.7 Å². The first-order valence-electron chi connectivity index (χ1n) is 13.4. The third-order valence-electron chi connectivity index (χ3n) is 10.9. The van der Waals surface area contributed by atoms with Crippen LogP contribution in [0.15, 0.2) is 12.1 Å². The molecule has 5 aliphatic carbocycles. The number of nitrogens with zero attached hydrogens (tertiary/aromatic N) is 1. The third kappa shape index (κ3) is 2.32. The number of hydrogen-bond acceptors (Lipinski definition) is 5. The fourth-order valence-electron chi connectivity index (χ4n) is 9.37. The van der Waals surface area contributed by atoms with Gasteiger partial charge in [-0.25, -0.2) is 0 Å². The van der Waals surface area contributed by atoms with E-state index in [9.17, 15) is 4.79 Å². The van der Waals surface area contributed by atoms with Crippen molar-refractivity contribution in [2.45, 2.75) is 88.9 Å². The molecule has 0 radical (unpaired) electrons. The van der Waals surface area contributed by atoms with Crippen molar-refractivity contribution in [2.75, 3.05) is 27.3 Å². The summed E-state index contributed by atoms with van der Waals surface area (Å²) in [6.07, 6.45) is 7.74. The minimum absolute atomic E-state index is 0.0568. The second kappa shape index (κ2) is 6.59. The highest BCUT2D eigenvalue weighted by Gasteiger charge is 2.81. The molecular weight excluding hydrogens is 426 g/mol. The Bertz CT molecular complexity index is 1070. The van der Waals surface area contributed by atoms with Crippen LogP contribution in [0.1, 0.15) is 70.4 Å². The summed E-state index contributed by atoms with van der Waals surface area (Å²) in [5.74, 6) is 2.85. The summed E-state index contributed by atoms with van der Waals surface area (Å²) in [6, 6.07) is 4.87. The average Bonchev–Trinajstić information content (AvgIpc) is 3.56. The van der Waals surface area contributed by atoms with Crippen molar-refractivity contribution >= 4 is 5.78 Å². The van der Waals surface area contributed by atoms with Crippen molar-refractivity contribution in [3.63, 3.8) is 0 Å². The average molecular weight is 466 g/mol. The molecule has 6 atom stereocenters. The van der Waals surface area contributed by atoms with Crippen molar-refractivity contribution in [1.29, 1.82) is 0 Å². The van der Waals surface area contributed by atoms with Gasteiger partial charge in [-0.2, -0.15) is 0 Å². The lowest BCUT2D eigenvalue weighted by molar-refractivity contribution is -0.273. The second-order valence-corrected chi connectivity index (χ2v) is 13.2. The number of likely N-dealkylation sites (tertiary alicyclic amines) is 1. The Kier molecular flexibility index (Phi) is 4.20. The first-order chi connectivity index (χ1) is 16.2. The van der Waals surface area contributed by atoms with Crippen molar-refractivity contribution in [1.82, 2.24) is 4.90 Å². The monoisotopic (exact) mass is 465 g/mol. The van der Waals surface area contributed by atoms with E-state index < -0.39 is 11.0 Å². The number of benzene rings is 1. The number of ether oxygens (including phenoxy) is 3. The number of carbonyl (C=O) groups is 1. The van der Waals surface area contributed by atoms with Crippen molar-refractivity contribution in [3.8, 4) is 11.5 Å². The molecule has 5 heteroatoms. The summed E-state index contributed by atoms with van der Waals surface area (Å²) in [4.78, 5) is 16.9. The Morgan fingerprint density at radius 1 is 1.18 bits per heavy atom. The molecule has 4 bridgehead atoms. The third-order valence-corrected chi connectivity index (χ3v) is 10.9. The molecule has 0 unspecified atom stereocenters. The van der Waals surface area contributed by atoms with Crippen LogP contribution in [0.5, 0.6) is 11.5 Å². The van der Waals surface area contributed by atoms with E-state index in [1.54, 1.807) is 7.11 Å². The molecule has 5 fully saturated rings. The first kappa shape index (κ1) is 21.7. The number of carbonyl (C=O) groups excluding carboxylic acids is 1. The van der Waals surface area contributed by atoms with E-state index >= 15 is 0 Å². The zero-order valence-electron chi connectivity index (χ0n) is 21.4. The van der Waals surface area contributed by atoms with Gasteiger partial charge in [0.05, 0.1) is 13.0 Å². The molecule has 4 saturated carbocycles. The van der Waals surface area contributed by atoms with Crippen LogP contribution < -0.4 is 9.47 Å². The molecule has 0 amide bonds. The zero-order valence-corrected chi connectivity index (χ0v) is 21.4. The highest BCUT2D eigenvalue weighted by atomic mass is 16.6. The Hall–Kier alpha value is -1.59. The van der Waals surface area contributed by atoms with E-state index in [1.165, 1.54) is 30.5 Å². The maximum absolute atomic E-state index is 14.0. The molecule has 1 aromatic rings. The standard InChI is InChI=1S/C29H39NO4/c1-26(2,3)24(31)19-15-27-10-11-29(19,33-5)25-28(27)12-13-30(16-17-6-7-17)21(27)14-18-8-9-20(32-4)23(34-25)22(18)28/h8-9,17,19,21,25H,6-7,10-16H2,1-5H3/t19-,21-,25-,27-,28+,29-/m1/s1. The number of ketones is 1. The predicted molar refractivity (Wildman–Crippen MR) is 129 cm³/mol. The van der Waals surface area contributed by atoms with E-state index in [-0.39, 0.29) is 22.9 Å². The van der Waals surface area contributed by atoms with E-state index in [0.29, 0.717) is 11.8 Å². The van der Waals surface area contributed by atoms with Gasteiger partial charge in [-0.15, -0.1) is 0 Å². The molecule has 184 valence electrons. The van der Waals surface area contributed by atoms with E-state index in [2.05, 4.69) is 37.8 Å². The normalized spacial score (nSPS) is 41.7. The molecule has 7 aliphatic rings. The minimum Gasteiger partial charge on any atom is -0.493 e. The van der Waals surface area contributed by atoms with Crippen LogP contribution in [0.2, 0.25) is 0 Å². The lowest BCUT2D eigenvalue weighted by Gasteiger charge is -2.74. The maximum atomic E-state index is 14.0. The van der Waals surface area contributed by atoms with Crippen LogP contribution in [0.4, 0.5) is 0 Å². The van der Waals surface area contributed by atoms with Crippen LogP contribution in [0.25, 0.3) is 0 Å². The smallest absolute Gasteiger partial charge is 0.165 e. The van der Waals surface area contributed by atoms with Gasteiger partial charge < -0.3 is 14.2 Å². The molecule has 2 spiro atoms. The quantitative estimate of drug-likeness (QED) is 0.639. The van der Waals surface area contributed by atoms with Gasteiger partial charge in [-0.1, -0.05) is 26.8 Å². The van der Waals surface area contributed by atoms with E-state index in [4.69, 9.17) is 14.2 Å². The largest absolute Gasteiger partial charge is 0.493 e. The second-order valence-electron chi connectivity index (χ2n) is 13.2. The molecule has 2 aliphatic heterocycles. The number of Topliss-reactive ketones (excluding diaryl/α,β-unsaturated/α-hetero) is 1. The minimum atomic E-state index is -0.575.